The molecule has 0 aliphatic carbocycles. The number of ether oxygens (including phenoxy) is 1. The van der Waals surface area contributed by atoms with Gasteiger partial charge in [-0.2, -0.15) is 0 Å². The molecule has 0 spiro atoms. The van der Waals surface area contributed by atoms with Crippen LogP contribution in [0.15, 0.2) is 40.8 Å². The minimum Gasteiger partial charge on any atom is -0.464 e. The van der Waals surface area contributed by atoms with Crippen molar-refractivity contribution in [3.63, 3.8) is 0 Å². The van der Waals surface area contributed by atoms with Crippen LogP contribution >= 0.6 is 11.3 Å². The third kappa shape index (κ3) is 3.81. The lowest BCUT2D eigenvalue weighted by Gasteiger charge is -2.16. The van der Waals surface area contributed by atoms with E-state index in [-0.39, 0.29) is 11.5 Å². The Morgan fingerprint density at radius 3 is 2.59 bits per heavy atom. The molecule has 1 atom stereocenters. The molecule has 2 heterocycles. The minimum absolute atomic E-state index is 0.198. The van der Waals surface area contributed by atoms with Crippen LogP contribution in [0.2, 0.25) is 0 Å². The van der Waals surface area contributed by atoms with E-state index in [9.17, 15) is 9.59 Å². The van der Waals surface area contributed by atoms with Gasteiger partial charge in [0.1, 0.15) is 10.9 Å². The highest BCUT2D eigenvalue weighted by atomic mass is 32.1. The smallest absolute Gasteiger partial charge is 0.329 e. The third-order valence-corrected chi connectivity index (χ3v) is 5.52. The average Bonchev–Trinajstić information content (AvgIpc) is 3.13. The van der Waals surface area contributed by atoms with Crippen molar-refractivity contribution in [3.05, 3.63) is 51.9 Å². The monoisotopic (exact) mass is 384 g/mol. The second-order valence-corrected chi connectivity index (χ2v) is 7.29. The number of benzene rings is 1. The van der Waals surface area contributed by atoms with Crippen LogP contribution in [0.4, 0.5) is 0 Å². The van der Waals surface area contributed by atoms with E-state index in [1.807, 2.05) is 31.4 Å². The maximum Gasteiger partial charge on any atom is 0.329 e. The van der Waals surface area contributed by atoms with E-state index in [0.717, 1.165) is 24.0 Å². The van der Waals surface area contributed by atoms with Gasteiger partial charge in [-0.15, -0.1) is 11.3 Å². The molecule has 0 N–H and O–H groups in total. The van der Waals surface area contributed by atoms with Gasteiger partial charge in [0.2, 0.25) is 0 Å². The summed E-state index contributed by atoms with van der Waals surface area (Å²) in [5, 5.41) is 2.52. The number of aryl methyl sites for hydroxylation is 1. The van der Waals surface area contributed by atoms with Crippen LogP contribution in [0.5, 0.6) is 0 Å². The summed E-state index contributed by atoms with van der Waals surface area (Å²) in [6.07, 6.45) is 3.65. The Labute approximate surface area is 162 Å². The number of aromatic nitrogens is 2. The minimum atomic E-state index is -0.656. The van der Waals surface area contributed by atoms with Crippen molar-refractivity contribution in [1.82, 2.24) is 9.55 Å². The number of fused-ring (bicyclic) bond motifs is 1. The molecule has 0 unspecified atom stereocenters. The van der Waals surface area contributed by atoms with Gasteiger partial charge in [-0.05, 0) is 30.4 Å². The zero-order valence-corrected chi connectivity index (χ0v) is 16.7. The molecular formula is C21H24N2O3S. The Kier molecular flexibility index (Phi) is 6.06. The van der Waals surface area contributed by atoms with Crippen molar-refractivity contribution in [3.8, 4) is 11.1 Å². The maximum atomic E-state index is 13.2. The van der Waals surface area contributed by atoms with Gasteiger partial charge in [0, 0.05) is 10.9 Å². The lowest BCUT2D eigenvalue weighted by atomic mass is 10.0. The summed E-state index contributed by atoms with van der Waals surface area (Å²) < 4.78 is 6.68. The van der Waals surface area contributed by atoms with Crippen LogP contribution in [-0.2, 0) is 16.0 Å². The molecule has 142 valence electrons. The Morgan fingerprint density at radius 1 is 1.22 bits per heavy atom. The number of carbonyl (C=O) groups excluding carboxylic acids is 1. The SMILES string of the molecule is CCCOC(=O)[C@@H](CC)n1cnc2scc(-c3ccc(CC)cc3)c2c1=O. The van der Waals surface area contributed by atoms with E-state index in [1.54, 1.807) is 0 Å². The van der Waals surface area contributed by atoms with Gasteiger partial charge in [-0.25, -0.2) is 9.78 Å². The van der Waals surface area contributed by atoms with Crippen molar-refractivity contribution >= 4 is 27.5 Å². The molecule has 0 radical (unpaired) electrons. The topological polar surface area (TPSA) is 61.2 Å². The zero-order valence-electron chi connectivity index (χ0n) is 15.9. The first-order chi connectivity index (χ1) is 13.1. The summed E-state index contributed by atoms with van der Waals surface area (Å²) in [6, 6.07) is 7.56. The predicted octanol–water partition coefficient (Wildman–Crippen LogP) is 4.59. The number of hydrogen-bond acceptors (Lipinski definition) is 5. The molecule has 0 saturated carbocycles. The van der Waals surface area contributed by atoms with Crippen molar-refractivity contribution in [2.24, 2.45) is 0 Å². The van der Waals surface area contributed by atoms with Gasteiger partial charge in [0.15, 0.2) is 0 Å². The van der Waals surface area contributed by atoms with E-state index in [2.05, 4.69) is 24.0 Å². The molecule has 0 saturated heterocycles. The number of carbonyl (C=O) groups is 1. The van der Waals surface area contributed by atoms with Crippen LogP contribution in [0.25, 0.3) is 21.3 Å². The second-order valence-electron chi connectivity index (χ2n) is 6.43. The molecule has 0 amide bonds. The largest absolute Gasteiger partial charge is 0.464 e. The molecule has 0 aliphatic rings. The van der Waals surface area contributed by atoms with Crippen molar-refractivity contribution in [1.29, 1.82) is 0 Å². The Morgan fingerprint density at radius 2 is 1.96 bits per heavy atom. The lowest BCUT2D eigenvalue weighted by molar-refractivity contribution is -0.147. The number of thiophene rings is 1. The van der Waals surface area contributed by atoms with Gasteiger partial charge >= 0.3 is 5.97 Å². The normalized spacial score (nSPS) is 12.3. The fourth-order valence-corrected chi connectivity index (χ4v) is 3.98. The number of esters is 1. The van der Waals surface area contributed by atoms with E-state index >= 15 is 0 Å². The fourth-order valence-electron chi connectivity index (χ4n) is 3.08. The predicted molar refractivity (Wildman–Crippen MR) is 109 cm³/mol. The van der Waals surface area contributed by atoms with Gasteiger partial charge in [-0.3, -0.25) is 9.36 Å². The molecule has 3 rings (SSSR count). The first-order valence-corrected chi connectivity index (χ1v) is 10.2. The van der Waals surface area contributed by atoms with E-state index < -0.39 is 6.04 Å². The summed E-state index contributed by atoms with van der Waals surface area (Å²) in [5.74, 6) is -0.383. The molecule has 6 heteroatoms. The van der Waals surface area contributed by atoms with Crippen LogP contribution in [-0.4, -0.2) is 22.1 Å². The van der Waals surface area contributed by atoms with Crippen LogP contribution in [0, 0.1) is 0 Å². The highest BCUT2D eigenvalue weighted by Crippen LogP contribution is 2.31. The van der Waals surface area contributed by atoms with E-state index in [0.29, 0.717) is 23.2 Å². The summed E-state index contributed by atoms with van der Waals surface area (Å²) in [7, 11) is 0. The van der Waals surface area contributed by atoms with Gasteiger partial charge in [-0.1, -0.05) is 45.0 Å². The molecular weight excluding hydrogens is 360 g/mol. The number of hydrogen-bond donors (Lipinski definition) is 0. The lowest BCUT2D eigenvalue weighted by Crippen LogP contribution is -2.31. The summed E-state index contributed by atoms with van der Waals surface area (Å²) >= 11 is 1.44. The molecule has 0 bridgehead atoms. The molecule has 2 aromatic heterocycles. The summed E-state index contributed by atoms with van der Waals surface area (Å²) in [6.45, 7) is 6.27. The standard InChI is InChI=1S/C21H24N2O3S/c1-4-11-26-21(25)17(6-3)23-13-22-19-18(20(23)24)16(12-27-19)15-9-7-14(5-2)8-10-15/h7-10,12-13,17H,4-6,11H2,1-3H3/t17-/m1/s1. The van der Waals surface area contributed by atoms with Gasteiger partial charge < -0.3 is 4.74 Å². The first kappa shape index (κ1) is 19.3. The average molecular weight is 385 g/mol. The summed E-state index contributed by atoms with van der Waals surface area (Å²) in [5.41, 5.74) is 2.90. The number of rotatable bonds is 7. The Balaban J connectivity index is 2.08. The Hall–Kier alpha value is -2.47. The molecule has 27 heavy (non-hydrogen) atoms. The summed E-state index contributed by atoms with van der Waals surface area (Å²) in [4.78, 5) is 30.7. The van der Waals surface area contributed by atoms with E-state index in [1.165, 1.54) is 27.8 Å². The number of nitrogens with zero attached hydrogens (tertiary/aromatic N) is 2. The van der Waals surface area contributed by atoms with Gasteiger partial charge in [0.25, 0.3) is 5.56 Å². The van der Waals surface area contributed by atoms with Crippen LogP contribution in [0.1, 0.15) is 45.2 Å². The fraction of sp³-hybridized carbons (Fsp3) is 0.381. The van der Waals surface area contributed by atoms with Crippen molar-refractivity contribution < 1.29 is 9.53 Å². The third-order valence-electron chi connectivity index (χ3n) is 4.64. The molecule has 3 aromatic rings. The molecule has 1 aromatic carbocycles. The molecule has 0 fully saturated rings. The van der Waals surface area contributed by atoms with Crippen molar-refractivity contribution in [2.75, 3.05) is 6.61 Å². The highest BCUT2D eigenvalue weighted by molar-refractivity contribution is 7.17. The maximum absolute atomic E-state index is 13.2. The van der Waals surface area contributed by atoms with Crippen LogP contribution < -0.4 is 5.56 Å². The first-order valence-electron chi connectivity index (χ1n) is 9.34. The molecule has 5 nitrogen and oxygen atoms in total. The van der Waals surface area contributed by atoms with E-state index in [4.69, 9.17) is 4.74 Å². The highest BCUT2D eigenvalue weighted by Gasteiger charge is 2.23. The second kappa shape index (κ2) is 8.48. The van der Waals surface area contributed by atoms with Crippen LogP contribution in [0.3, 0.4) is 0 Å². The van der Waals surface area contributed by atoms with Gasteiger partial charge in [0.05, 0.1) is 18.3 Å². The van der Waals surface area contributed by atoms with Crippen molar-refractivity contribution in [2.45, 2.75) is 46.1 Å². The Bertz CT molecular complexity index is 989. The molecule has 0 aliphatic heterocycles. The zero-order chi connectivity index (χ0) is 19.4. The quantitative estimate of drug-likeness (QED) is 0.559.